The highest BCUT2D eigenvalue weighted by Crippen LogP contribution is 2.21. The number of piperazine rings is 1. The topological polar surface area (TPSA) is 61.9 Å². The lowest BCUT2D eigenvalue weighted by Gasteiger charge is -2.34. The molecule has 2 aliphatic heterocycles. The molecule has 0 saturated carbocycles. The highest BCUT2D eigenvalue weighted by molar-refractivity contribution is 8.02. The zero-order chi connectivity index (χ0) is 19.2. The van der Waals surface area contributed by atoms with Gasteiger partial charge in [-0.1, -0.05) is 13.0 Å². The van der Waals surface area contributed by atoms with Crippen LogP contribution in [0.1, 0.15) is 29.3 Å². The van der Waals surface area contributed by atoms with Gasteiger partial charge < -0.3 is 15.0 Å². The summed E-state index contributed by atoms with van der Waals surface area (Å²) in [6.45, 7) is 9.02. The van der Waals surface area contributed by atoms with Crippen molar-refractivity contribution in [3.05, 3.63) is 40.5 Å². The second kappa shape index (κ2) is 9.28. The van der Waals surface area contributed by atoms with Gasteiger partial charge in [0.05, 0.1) is 6.61 Å². The number of nitrogens with zero attached hydrogens (tertiary/aromatic N) is 2. The maximum Gasteiger partial charge on any atom is 0.291 e. The van der Waals surface area contributed by atoms with Crippen molar-refractivity contribution in [1.29, 1.82) is 0 Å². The van der Waals surface area contributed by atoms with E-state index in [0.717, 1.165) is 50.5 Å². The predicted octanol–water partition coefficient (Wildman–Crippen LogP) is 2.71. The normalized spacial score (nSPS) is 17.9. The Morgan fingerprint density at radius 1 is 1.22 bits per heavy atom. The second-order valence-corrected chi connectivity index (χ2v) is 7.80. The lowest BCUT2D eigenvalue weighted by Crippen LogP contribution is -2.48. The summed E-state index contributed by atoms with van der Waals surface area (Å²) >= 11 is 1.56. The van der Waals surface area contributed by atoms with Crippen molar-refractivity contribution in [3.8, 4) is 0 Å². The first kappa shape index (κ1) is 19.8. The molecule has 1 saturated heterocycles. The fraction of sp³-hybridized carbons (Fsp3) is 0.500. The number of aryl methyl sites for hydroxylation is 1. The van der Waals surface area contributed by atoms with E-state index < -0.39 is 0 Å². The molecule has 2 heterocycles. The molecule has 1 aromatic rings. The molecular weight excluding hydrogens is 362 g/mol. The largest absolute Gasteiger partial charge is 0.487 e. The Labute approximate surface area is 164 Å². The molecule has 0 aromatic heterocycles. The van der Waals surface area contributed by atoms with Crippen LogP contribution < -0.4 is 5.32 Å². The fourth-order valence-electron chi connectivity index (χ4n) is 3.23. The fourth-order valence-corrected chi connectivity index (χ4v) is 3.86. The number of rotatable bonds is 5. The number of hydrogen-bond donors (Lipinski definition) is 1. The molecule has 1 aromatic carbocycles. The highest BCUT2D eigenvalue weighted by atomic mass is 32.2. The molecule has 0 unspecified atom stereocenters. The van der Waals surface area contributed by atoms with E-state index in [1.807, 2.05) is 24.0 Å². The molecule has 1 N–H and O–H groups in total. The van der Waals surface area contributed by atoms with E-state index in [-0.39, 0.29) is 11.8 Å². The van der Waals surface area contributed by atoms with Crippen LogP contribution in [0.25, 0.3) is 0 Å². The van der Waals surface area contributed by atoms with Crippen LogP contribution in [0.5, 0.6) is 0 Å². The standard InChI is InChI=1S/C20H27N3O3S/c1-3-6-22-7-9-23(10-8-22)20(25)16-5-4-15(2)17(13-16)21-19(24)18-14-27-12-11-26-18/h4-5,13-14H,3,6-12H2,1-2H3,(H,21,24). The third-order valence-electron chi connectivity index (χ3n) is 4.80. The zero-order valence-corrected chi connectivity index (χ0v) is 16.8. The van der Waals surface area contributed by atoms with Gasteiger partial charge in [0.2, 0.25) is 0 Å². The molecule has 0 bridgehead atoms. The molecule has 27 heavy (non-hydrogen) atoms. The quantitative estimate of drug-likeness (QED) is 0.839. The minimum atomic E-state index is -0.275. The summed E-state index contributed by atoms with van der Waals surface area (Å²) < 4.78 is 5.40. The van der Waals surface area contributed by atoms with Gasteiger partial charge in [-0.05, 0) is 37.6 Å². The molecule has 7 heteroatoms. The van der Waals surface area contributed by atoms with Crippen molar-refractivity contribution in [3.63, 3.8) is 0 Å². The first-order chi connectivity index (χ1) is 13.1. The molecule has 0 radical (unpaired) electrons. The van der Waals surface area contributed by atoms with Crippen molar-refractivity contribution in [2.75, 3.05) is 50.4 Å². The number of benzene rings is 1. The van der Waals surface area contributed by atoms with E-state index in [9.17, 15) is 9.59 Å². The Balaban J connectivity index is 1.66. The Hall–Kier alpha value is -1.99. The summed E-state index contributed by atoms with van der Waals surface area (Å²) in [4.78, 5) is 29.5. The van der Waals surface area contributed by atoms with Crippen LogP contribution in [0.15, 0.2) is 29.4 Å². The zero-order valence-electron chi connectivity index (χ0n) is 16.0. The van der Waals surface area contributed by atoms with Crippen molar-refractivity contribution in [1.82, 2.24) is 9.80 Å². The Kier molecular flexibility index (Phi) is 6.79. The van der Waals surface area contributed by atoms with Crippen LogP contribution in [0.2, 0.25) is 0 Å². The second-order valence-electron chi connectivity index (χ2n) is 6.82. The number of anilines is 1. The first-order valence-corrected chi connectivity index (χ1v) is 10.5. The number of thioether (sulfide) groups is 1. The van der Waals surface area contributed by atoms with E-state index in [1.54, 1.807) is 23.2 Å². The Morgan fingerprint density at radius 2 is 2.00 bits per heavy atom. The molecule has 146 valence electrons. The smallest absolute Gasteiger partial charge is 0.291 e. The van der Waals surface area contributed by atoms with E-state index >= 15 is 0 Å². The Morgan fingerprint density at radius 3 is 2.67 bits per heavy atom. The molecule has 0 aliphatic carbocycles. The molecule has 0 atom stereocenters. The minimum absolute atomic E-state index is 0.0188. The van der Waals surface area contributed by atoms with E-state index in [4.69, 9.17) is 4.74 Å². The van der Waals surface area contributed by atoms with Crippen LogP contribution in [-0.2, 0) is 9.53 Å². The van der Waals surface area contributed by atoms with E-state index in [0.29, 0.717) is 23.6 Å². The molecule has 2 aliphatic rings. The van der Waals surface area contributed by atoms with Gasteiger partial charge >= 0.3 is 0 Å². The van der Waals surface area contributed by atoms with Gasteiger partial charge in [0.1, 0.15) is 0 Å². The van der Waals surface area contributed by atoms with Crippen molar-refractivity contribution >= 4 is 29.3 Å². The maximum atomic E-state index is 12.9. The van der Waals surface area contributed by atoms with Crippen LogP contribution in [0, 0.1) is 6.92 Å². The molecule has 6 nitrogen and oxygen atoms in total. The average molecular weight is 390 g/mol. The van der Waals surface area contributed by atoms with Gasteiger partial charge in [-0.15, -0.1) is 11.8 Å². The number of carbonyl (C=O) groups is 2. The molecule has 1 fully saturated rings. The number of carbonyl (C=O) groups excluding carboxylic acids is 2. The Bertz CT molecular complexity index is 727. The van der Waals surface area contributed by atoms with Gasteiger partial charge in [0.15, 0.2) is 5.76 Å². The number of ether oxygens (including phenoxy) is 1. The van der Waals surface area contributed by atoms with Crippen LogP contribution >= 0.6 is 11.8 Å². The SMILES string of the molecule is CCCN1CCN(C(=O)c2ccc(C)c(NC(=O)C3=CSCCO3)c2)CC1. The summed E-state index contributed by atoms with van der Waals surface area (Å²) in [5.41, 5.74) is 2.17. The van der Waals surface area contributed by atoms with E-state index in [1.165, 1.54) is 0 Å². The van der Waals surface area contributed by atoms with Gasteiger partial charge in [0.25, 0.3) is 11.8 Å². The number of amides is 2. The van der Waals surface area contributed by atoms with Crippen LogP contribution in [0.4, 0.5) is 5.69 Å². The number of nitrogens with one attached hydrogen (secondary N) is 1. The minimum Gasteiger partial charge on any atom is -0.487 e. The maximum absolute atomic E-state index is 12.9. The van der Waals surface area contributed by atoms with Gasteiger partial charge in [-0.3, -0.25) is 14.5 Å². The summed E-state index contributed by atoms with van der Waals surface area (Å²) in [5, 5.41) is 4.61. The first-order valence-electron chi connectivity index (χ1n) is 9.46. The third kappa shape index (κ3) is 5.05. The van der Waals surface area contributed by atoms with Crippen LogP contribution in [-0.4, -0.2) is 66.7 Å². The summed E-state index contributed by atoms with van der Waals surface area (Å²) in [5.74, 6) is 0.925. The van der Waals surface area contributed by atoms with Gasteiger partial charge in [-0.2, -0.15) is 0 Å². The van der Waals surface area contributed by atoms with Gasteiger partial charge in [0, 0.05) is 48.6 Å². The highest BCUT2D eigenvalue weighted by Gasteiger charge is 2.22. The van der Waals surface area contributed by atoms with E-state index in [2.05, 4.69) is 17.1 Å². The summed E-state index contributed by atoms with van der Waals surface area (Å²) in [6.07, 6.45) is 1.13. The van der Waals surface area contributed by atoms with Crippen LogP contribution in [0.3, 0.4) is 0 Å². The van der Waals surface area contributed by atoms with Crippen molar-refractivity contribution in [2.24, 2.45) is 0 Å². The summed E-state index contributed by atoms with van der Waals surface area (Å²) in [6, 6.07) is 5.48. The molecule has 2 amide bonds. The monoisotopic (exact) mass is 389 g/mol. The molecule has 3 rings (SSSR count). The van der Waals surface area contributed by atoms with Gasteiger partial charge in [-0.25, -0.2) is 0 Å². The lowest BCUT2D eigenvalue weighted by atomic mass is 10.1. The molecule has 0 spiro atoms. The lowest BCUT2D eigenvalue weighted by molar-refractivity contribution is -0.116. The average Bonchev–Trinajstić information content (AvgIpc) is 2.70. The third-order valence-corrected chi connectivity index (χ3v) is 5.59. The molecular formula is C20H27N3O3S. The van der Waals surface area contributed by atoms with Crippen molar-refractivity contribution in [2.45, 2.75) is 20.3 Å². The predicted molar refractivity (Wildman–Crippen MR) is 109 cm³/mol. The van der Waals surface area contributed by atoms with Crippen molar-refractivity contribution < 1.29 is 14.3 Å². The number of hydrogen-bond acceptors (Lipinski definition) is 5. The summed E-state index contributed by atoms with van der Waals surface area (Å²) in [7, 11) is 0.